The number of nitrogens with zero attached hydrogens (tertiary/aromatic N) is 2. The molecule has 10 heteroatoms. The second-order valence-electron chi connectivity index (χ2n) is 6.04. The molecule has 0 aliphatic rings. The van der Waals surface area contributed by atoms with Gasteiger partial charge in [-0.1, -0.05) is 0 Å². The minimum atomic E-state index is -3.42. The van der Waals surface area contributed by atoms with Crippen LogP contribution in [0.3, 0.4) is 0 Å². The van der Waals surface area contributed by atoms with Crippen LogP contribution < -0.4 is 0 Å². The van der Waals surface area contributed by atoms with E-state index in [1.165, 1.54) is 6.07 Å². The molecule has 0 saturated heterocycles. The normalized spacial score (nSPS) is 10.7. The molecule has 0 aromatic heterocycles. The zero-order valence-corrected chi connectivity index (χ0v) is 18.4. The lowest BCUT2D eigenvalue weighted by atomic mass is 10.1. The molecule has 0 aliphatic heterocycles. The van der Waals surface area contributed by atoms with Crippen molar-refractivity contribution >= 4 is 43.8 Å². The molecule has 0 bridgehead atoms. The lowest BCUT2D eigenvalue weighted by Gasteiger charge is -2.06. The van der Waals surface area contributed by atoms with Crippen LogP contribution in [0.4, 0.5) is 11.4 Å². The van der Waals surface area contributed by atoms with Gasteiger partial charge in [-0.25, -0.2) is 8.42 Å². The monoisotopic (exact) mass is 506 g/mol. The molecule has 0 atom stereocenters. The number of aryl methyl sites for hydroxylation is 2. The maximum absolute atomic E-state index is 11.4. The number of halogens is 1. The second-order valence-corrected chi connectivity index (χ2v) is 9.19. The van der Waals surface area contributed by atoms with Gasteiger partial charge in [-0.15, -0.1) is 0 Å². The van der Waals surface area contributed by atoms with Crippen LogP contribution in [-0.2, 0) is 9.84 Å². The first kappa shape index (κ1) is 23.0. The van der Waals surface area contributed by atoms with E-state index in [1.54, 1.807) is 26.0 Å². The minimum Gasteiger partial charge on any atom is -0.258 e. The minimum absolute atomic E-state index is 0.0224. The highest BCUT2D eigenvalue weighted by Gasteiger charge is 2.18. The number of nitro groups is 2. The summed E-state index contributed by atoms with van der Waals surface area (Å²) in [6.07, 6.45) is 1.04. The fourth-order valence-corrected chi connectivity index (χ4v) is 4.00. The third-order valence-electron chi connectivity index (χ3n) is 4.01. The van der Waals surface area contributed by atoms with Crippen LogP contribution in [0, 0.1) is 51.5 Å². The van der Waals surface area contributed by atoms with Crippen LogP contribution in [0.2, 0.25) is 0 Å². The molecule has 2 aromatic rings. The first-order chi connectivity index (χ1) is 12.3. The van der Waals surface area contributed by atoms with Gasteiger partial charge in [0.15, 0.2) is 9.84 Å². The highest BCUT2D eigenvalue weighted by molar-refractivity contribution is 14.1. The Balaban J connectivity index is 0.000000277. The molecular weight excluding hydrogens is 487 g/mol. The standard InChI is InChI=1S/C9H11NO4S.C8H8INO2/c1-6-4-8(10(11)12)5-9(7(6)2)15(3,13)14;1-5-3-7(10(11)12)4-8(9)6(5)2/h4-5H,1-3H3;3-4H,1-2H3. The summed E-state index contributed by atoms with van der Waals surface area (Å²) in [5.74, 6) is 0. The molecule has 0 fully saturated rings. The second kappa shape index (κ2) is 8.74. The third kappa shape index (κ3) is 5.96. The largest absolute Gasteiger partial charge is 0.271 e. The van der Waals surface area contributed by atoms with E-state index in [1.807, 2.05) is 13.8 Å². The topological polar surface area (TPSA) is 120 Å². The van der Waals surface area contributed by atoms with Gasteiger partial charge in [-0.2, -0.15) is 0 Å². The number of sulfone groups is 1. The summed E-state index contributed by atoms with van der Waals surface area (Å²) >= 11 is 2.10. The van der Waals surface area contributed by atoms with Crippen molar-refractivity contribution in [2.24, 2.45) is 0 Å². The summed E-state index contributed by atoms with van der Waals surface area (Å²) in [4.78, 5) is 20.0. The molecular formula is C17H19IN2O6S. The highest BCUT2D eigenvalue weighted by Crippen LogP contribution is 2.25. The van der Waals surface area contributed by atoms with E-state index < -0.39 is 14.8 Å². The molecule has 2 rings (SSSR count). The van der Waals surface area contributed by atoms with Crippen molar-refractivity contribution in [2.75, 3.05) is 6.26 Å². The fourth-order valence-electron chi connectivity index (χ4n) is 2.20. The van der Waals surface area contributed by atoms with Crippen molar-refractivity contribution < 1.29 is 18.3 Å². The van der Waals surface area contributed by atoms with Crippen LogP contribution in [0.15, 0.2) is 29.2 Å². The smallest absolute Gasteiger partial charge is 0.258 e. The van der Waals surface area contributed by atoms with E-state index in [9.17, 15) is 28.6 Å². The third-order valence-corrected chi connectivity index (χ3v) is 6.36. The summed E-state index contributed by atoms with van der Waals surface area (Å²) in [5.41, 5.74) is 3.21. The SMILES string of the molecule is Cc1cc([N+](=O)[O-])cc(I)c1C.Cc1cc([N+](=O)[O-])cc(S(C)(=O)=O)c1C. The van der Waals surface area contributed by atoms with Gasteiger partial charge in [0, 0.05) is 34.1 Å². The van der Waals surface area contributed by atoms with Crippen molar-refractivity contribution in [2.45, 2.75) is 32.6 Å². The maximum Gasteiger partial charge on any atom is 0.271 e. The van der Waals surface area contributed by atoms with E-state index >= 15 is 0 Å². The van der Waals surface area contributed by atoms with Crippen molar-refractivity contribution in [1.29, 1.82) is 0 Å². The highest BCUT2D eigenvalue weighted by atomic mass is 127. The molecule has 27 heavy (non-hydrogen) atoms. The Hall–Kier alpha value is -2.08. The summed E-state index contributed by atoms with van der Waals surface area (Å²) in [6, 6.07) is 5.64. The van der Waals surface area contributed by atoms with Crippen molar-refractivity contribution in [3.05, 3.63) is 70.3 Å². The van der Waals surface area contributed by atoms with Gasteiger partial charge >= 0.3 is 0 Å². The average Bonchev–Trinajstić information content (AvgIpc) is 2.53. The zero-order chi connectivity index (χ0) is 21.1. The Morgan fingerprint density at radius 1 is 0.815 bits per heavy atom. The van der Waals surface area contributed by atoms with Gasteiger partial charge in [-0.05, 0) is 72.5 Å². The lowest BCUT2D eigenvalue weighted by Crippen LogP contribution is -2.03. The van der Waals surface area contributed by atoms with Gasteiger partial charge in [-0.3, -0.25) is 20.2 Å². The average molecular weight is 506 g/mol. The van der Waals surface area contributed by atoms with Gasteiger partial charge in [0.25, 0.3) is 11.4 Å². The first-order valence-corrected chi connectivity index (χ1v) is 10.6. The van der Waals surface area contributed by atoms with E-state index in [2.05, 4.69) is 22.6 Å². The Morgan fingerprint density at radius 3 is 1.59 bits per heavy atom. The number of rotatable bonds is 3. The van der Waals surface area contributed by atoms with E-state index in [0.717, 1.165) is 27.0 Å². The molecule has 0 aliphatic carbocycles. The molecule has 0 N–H and O–H groups in total. The molecule has 2 aromatic carbocycles. The first-order valence-electron chi connectivity index (χ1n) is 7.62. The Labute approximate surface area is 171 Å². The number of benzene rings is 2. The van der Waals surface area contributed by atoms with Crippen molar-refractivity contribution in [3.63, 3.8) is 0 Å². The van der Waals surface area contributed by atoms with Crippen LogP contribution in [0.1, 0.15) is 22.3 Å². The van der Waals surface area contributed by atoms with Crippen molar-refractivity contribution in [3.8, 4) is 0 Å². The van der Waals surface area contributed by atoms with Crippen LogP contribution in [-0.4, -0.2) is 24.5 Å². The Kier molecular flexibility index (Phi) is 7.43. The molecule has 0 radical (unpaired) electrons. The molecule has 0 amide bonds. The lowest BCUT2D eigenvalue weighted by molar-refractivity contribution is -0.385. The van der Waals surface area contributed by atoms with Gasteiger partial charge in [0.2, 0.25) is 0 Å². The van der Waals surface area contributed by atoms with E-state index in [0.29, 0.717) is 11.1 Å². The number of hydrogen-bond donors (Lipinski definition) is 0. The van der Waals surface area contributed by atoms with Gasteiger partial charge < -0.3 is 0 Å². The molecule has 0 spiro atoms. The Bertz CT molecular complexity index is 995. The maximum atomic E-state index is 11.4. The van der Waals surface area contributed by atoms with Gasteiger partial charge in [0.1, 0.15) is 0 Å². The molecule has 0 saturated carbocycles. The summed E-state index contributed by atoms with van der Waals surface area (Å²) in [7, 11) is -3.42. The predicted molar refractivity (Wildman–Crippen MR) is 111 cm³/mol. The summed E-state index contributed by atoms with van der Waals surface area (Å²) in [5, 5.41) is 21.0. The molecule has 146 valence electrons. The summed E-state index contributed by atoms with van der Waals surface area (Å²) in [6.45, 7) is 7.12. The fraction of sp³-hybridized carbons (Fsp3) is 0.294. The number of non-ortho nitro benzene ring substituents is 2. The predicted octanol–water partition coefficient (Wildman–Crippen LogP) is 4.43. The van der Waals surface area contributed by atoms with E-state index in [4.69, 9.17) is 0 Å². The number of nitro benzene ring substituents is 2. The van der Waals surface area contributed by atoms with Crippen LogP contribution in [0.5, 0.6) is 0 Å². The zero-order valence-electron chi connectivity index (χ0n) is 15.4. The van der Waals surface area contributed by atoms with Gasteiger partial charge in [0.05, 0.1) is 14.7 Å². The van der Waals surface area contributed by atoms with Crippen LogP contribution in [0.25, 0.3) is 0 Å². The van der Waals surface area contributed by atoms with Crippen molar-refractivity contribution in [1.82, 2.24) is 0 Å². The molecule has 0 unspecified atom stereocenters. The molecule has 8 nitrogen and oxygen atoms in total. The Morgan fingerprint density at radius 2 is 1.22 bits per heavy atom. The quantitative estimate of drug-likeness (QED) is 0.345. The summed E-state index contributed by atoms with van der Waals surface area (Å²) < 4.78 is 23.7. The number of hydrogen-bond acceptors (Lipinski definition) is 6. The van der Waals surface area contributed by atoms with E-state index in [-0.39, 0.29) is 21.2 Å². The van der Waals surface area contributed by atoms with Crippen LogP contribution >= 0.6 is 22.6 Å². The molecule has 0 heterocycles.